The number of hydrogen-bond acceptors (Lipinski definition) is 2. The second-order valence-corrected chi connectivity index (χ2v) is 4.73. The first-order valence-electron chi connectivity index (χ1n) is 6.45. The molecule has 0 aliphatic rings. The van der Waals surface area contributed by atoms with E-state index in [0.29, 0.717) is 11.6 Å². The van der Waals surface area contributed by atoms with Crippen molar-refractivity contribution in [3.8, 4) is 5.75 Å². The van der Waals surface area contributed by atoms with E-state index >= 15 is 0 Å². The largest absolute Gasteiger partial charge is 0.487 e. The van der Waals surface area contributed by atoms with E-state index in [2.05, 4.69) is 36.5 Å². The fraction of sp³-hybridized carbons (Fsp3) is 0.250. The summed E-state index contributed by atoms with van der Waals surface area (Å²) in [6, 6.07) is 15.9. The van der Waals surface area contributed by atoms with E-state index in [4.69, 9.17) is 16.3 Å². The van der Waals surface area contributed by atoms with E-state index < -0.39 is 0 Å². The number of hydrogen-bond donors (Lipinski definition) is 1. The average molecular weight is 276 g/mol. The maximum absolute atomic E-state index is 6.06. The van der Waals surface area contributed by atoms with Crippen LogP contribution in [0.25, 0.3) is 0 Å². The molecule has 0 aliphatic carbocycles. The molecule has 0 saturated carbocycles. The quantitative estimate of drug-likeness (QED) is 0.859. The highest BCUT2D eigenvalue weighted by Gasteiger charge is 2.01. The highest BCUT2D eigenvalue weighted by atomic mass is 35.5. The molecule has 0 saturated heterocycles. The lowest BCUT2D eigenvalue weighted by molar-refractivity contribution is 0.306. The van der Waals surface area contributed by atoms with Gasteiger partial charge in [0, 0.05) is 6.54 Å². The molecule has 0 bridgehead atoms. The Morgan fingerprint density at radius 3 is 2.63 bits per heavy atom. The third-order valence-electron chi connectivity index (χ3n) is 2.80. The standard InChI is InChI=1S/C16H18ClNO/c1-2-18-11-13-6-5-7-14(10-13)12-19-16-9-4-3-8-15(16)17/h3-10,18H,2,11-12H2,1H3. The lowest BCUT2D eigenvalue weighted by Gasteiger charge is -2.09. The van der Waals surface area contributed by atoms with Gasteiger partial charge in [-0.15, -0.1) is 0 Å². The Morgan fingerprint density at radius 1 is 1.05 bits per heavy atom. The molecule has 0 atom stereocenters. The number of ether oxygens (including phenoxy) is 1. The van der Waals surface area contributed by atoms with Crippen LogP contribution in [0, 0.1) is 0 Å². The molecule has 0 aromatic heterocycles. The van der Waals surface area contributed by atoms with Crippen molar-refractivity contribution >= 4 is 11.6 Å². The maximum Gasteiger partial charge on any atom is 0.138 e. The number of benzene rings is 2. The van der Waals surface area contributed by atoms with Crippen LogP contribution in [0.5, 0.6) is 5.75 Å². The first kappa shape index (κ1) is 13.9. The predicted octanol–water partition coefficient (Wildman–Crippen LogP) is 4.03. The Bertz CT molecular complexity index is 528. The number of rotatable bonds is 6. The van der Waals surface area contributed by atoms with Gasteiger partial charge in [-0.05, 0) is 29.8 Å². The van der Waals surface area contributed by atoms with E-state index in [9.17, 15) is 0 Å². The summed E-state index contributed by atoms with van der Waals surface area (Å²) in [6.07, 6.45) is 0. The first-order valence-corrected chi connectivity index (χ1v) is 6.83. The van der Waals surface area contributed by atoms with Crippen LogP contribution >= 0.6 is 11.6 Å². The highest BCUT2D eigenvalue weighted by Crippen LogP contribution is 2.24. The van der Waals surface area contributed by atoms with Crippen molar-refractivity contribution in [1.29, 1.82) is 0 Å². The number of nitrogens with one attached hydrogen (secondary N) is 1. The minimum absolute atomic E-state index is 0.531. The van der Waals surface area contributed by atoms with Gasteiger partial charge in [0.2, 0.25) is 0 Å². The Hall–Kier alpha value is -1.51. The van der Waals surface area contributed by atoms with Crippen LogP contribution in [0.1, 0.15) is 18.1 Å². The highest BCUT2D eigenvalue weighted by molar-refractivity contribution is 6.32. The Balaban J connectivity index is 1.98. The van der Waals surface area contributed by atoms with Crippen molar-refractivity contribution in [1.82, 2.24) is 5.32 Å². The molecule has 2 aromatic carbocycles. The fourth-order valence-electron chi connectivity index (χ4n) is 1.82. The topological polar surface area (TPSA) is 21.3 Å². The SMILES string of the molecule is CCNCc1cccc(COc2ccccc2Cl)c1. The van der Waals surface area contributed by atoms with Crippen LogP contribution in [-0.2, 0) is 13.2 Å². The van der Waals surface area contributed by atoms with Crippen molar-refractivity contribution in [3.63, 3.8) is 0 Å². The molecular weight excluding hydrogens is 258 g/mol. The zero-order valence-electron chi connectivity index (χ0n) is 11.0. The van der Waals surface area contributed by atoms with Gasteiger partial charge in [0.25, 0.3) is 0 Å². The average Bonchev–Trinajstić information content (AvgIpc) is 2.45. The summed E-state index contributed by atoms with van der Waals surface area (Å²) < 4.78 is 5.73. The summed E-state index contributed by atoms with van der Waals surface area (Å²) in [7, 11) is 0. The monoisotopic (exact) mass is 275 g/mol. The normalized spacial score (nSPS) is 10.4. The van der Waals surface area contributed by atoms with Crippen LogP contribution in [0.4, 0.5) is 0 Å². The summed E-state index contributed by atoms with van der Waals surface area (Å²) in [5.74, 6) is 0.723. The lowest BCUT2D eigenvalue weighted by Crippen LogP contribution is -2.11. The molecule has 0 amide bonds. The molecule has 0 unspecified atom stereocenters. The molecule has 2 rings (SSSR count). The van der Waals surface area contributed by atoms with Gasteiger partial charge in [0.05, 0.1) is 5.02 Å². The molecule has 2 aromatic rings. The molecule has 0 radical (unpaired) electrons. The Kier molecular flexibility index (Phi) is 5.25. The molecule has 2 nitrogen and oxygen atoms in total. The second kappa shape index (κ2) is 7.17. The van der Waals surface area contributed by atoms with Crippen LogP contribution < -0.4 is 10.1 Å². The fourth-order valence-corrected chi connectivity index (χ4v) is 2.01. The molecule has 1 N–H and O–H groups in total. The zero-order valence-corrected chi connectivity index (χ0v) is 11.8. The lowest BCUT2D eigenvalue weighted by atomic mass is 10.1. The van der Waals surface area contributed by atoms with Gasteiger partial charge in [-0.2, -0.15) is 0 Å². The van der Waals surface area contributed by atoms with Gasteiger partial charge >= 0.3 is 0 Å². The summed E-state index contributed by atoms with van der Waals surface area (Å²) in [6.45, 7) is 4.49. The van der Waals surface area contributed by atoms with Gasteiger partial charge in [-0.25, -0.2) is 0 Å². The minimum atomic E-state index is 0.531. The number of halogens is 1. The van der Waals surface area contributed by atoms with Gasteiger partial charge in [-0.1, -0.05) is 54.9 Å². The predicted molar refractivity (Wildman–Crippen MR) is 79.6 cm³/mol. The molecule has 0 heterocycles. The summed E-state index contributed by atoms with van der Waals surface area (Å²) >= 11 is 6.06. The van der Waals surface area contributed by atoms with Crippen LogP contribution in [0.15, 0.2) is 48.5 Å². The Morgan fingerprint density at radius 2 is 1.84 bits per heavy atom. The van der Waals surface area contributed by atoms with Crippen molar-refractivity contribution in [2.45, 2.75) is 20.1 Å². The summed E-state index contributed by atoms with van der Waals surface area (Å²) in [5, 5.41) is 3.96. The van der Waals surface area contributed by atoms with Crippen LogP contribution in [0.2, 0.25) is 5.02 Å². The van der Waals surface area contributed by atoms with Gasteiger partial charge in [-0.3, -0.25) is 0 Å². The number of para-hydroxylation sites is 1. The van der Waals surface area contributed by atoms with E-state index in [0.717, 1.165) is 24.4 Å². The molecule has 0 fully saturated rings. The molecule has 3 heteroatoms. The third-order valence-corrected chi connectivity index (χ3v) is 3.11. The minimum Gasteiger partial charge on any atom is -0.487 e. The third kappa shape index (κ3) is 4.27. The van der Waals surface area contributed by atoms with Crippen molar-refractivity contribution < 1.29 is 4.74 Å². The van der Waals surface area contributed by atoms with Gasteiger partial charge in [0.15, 0.2) is 0 Å². The molecule has 19 heavy (non-hydrogen) atoms. The van der Waals surface area contributed by atoms with E-state index in [1.165, 1.54) is 5.56 Å². The summed E-state index contributed by atoms with van der Waals surface area (Å²) in [5.41, 5.74) is 2.41. The molecule has 0 aliphatic heterocycles. The van der Waals surface area contributed by atoms with Crippen molar-refractivity contribution in [2.75, 3.05) is 6.54 Å². The van der Waals surface area contributed by atoms with Gasteiger partial charge < -0.3 is 10.1 Å². The second-order valence-electron chi connectivity index (χ2n) is 4.32. The maximum atomic E-state index is 6.06. The van der Waals surface area contributed by atoms with Gasteiger partial charge in [0.1, 0.15) is 12.4 Å². The van der Waals surface area contributed by atoms with E-state index in [1.807, 2.05) is 24.3 Å². The molecule has 0 spiro atoms. The van der Waals surface area contributed by atoms with E-state index in [-0.39, 0.29) is 0 Å². The molecule has 100 valence electrons. The van der Waals surface area contributed by atoms with Crippen molar-refractivity contribution in [3.05, 3.63) is 64.7 Å². The Labute approximate surface area is 119 Å². The summed E-state index contributed by atoms with van der Waals surface area (Å²) in [4.78, 5) is 0. The van der Waals surface area contributed by atoms with Crippen LogP contribution in [-0.4, -0.2) is 6.54 Å². The van der Waals surface area contributed by atoms with Crippen LogP contribution in [0.3, 0.4) is 0 Å². The molecular formula is C16H18ClNO. The van der Waals surface area contributed by atoms with Crippen molar-refractivity contribution in [2.24, 2.45) is 0 Å². The first-order chi connectivity index (χ1) is 9.29. The smallest absolute Gasteiger partial charge is 0.138 e. The van der Waals surface area contributed by atoms with E-state index in [1.54, 1.807) is 0 Å². The zero-order chi connectivity index (χ0) is 13.5.